The van der Waals surface area contributed by atoms with Gasteiger partial charge in [0, 0.05) is 19.1 Å². The number of alkyl halides is 3. The van der Waals surface area contributed by atoms with Crippen LogP contribution in [0.4, 0.5) is 19.0 Å². The van der Waals surface area contributed by atoms with Gasteiger partial charge in [-0.05, 0) is 32.0 Å². The third-order valence-corrected chi connectivity index (χ3v) is 3.61. The molecule has 1 aliphatic rings. The molecule has 2 aromatic rings. The second kappa shape index (κ2) is 5.14. The summed E-state index contributed by atoms with van der Waals surface area (Å²) in [5, 5.41) is 14.0. The molecule has 0 spiro atoms. The Balaban J connectivity index is 2.02. The zero-order valence-corrected chi connectivity index (χ0v) is 11.4. The maximum atomic E-state index is 12.9. The number of hydrogen-bond donors (Lipinski definition) is 1. The topological polar surface area (TPSA) is 58.4 Å². The number of aromatic nitrogens is 4. The van der Waals surface area contributed by atoms with Crippen molar-refractivity contribution in [1.29, 1.82) is 0 Å². The van der Waals surface area contributed by atoms with E-state index in [1.165, 1.54) is 6.07 Å². The van der Waals surface area contributed by atoms with Gasteiger partial charge in [-0.3, -0.25) is 0 Å². The Hall–Kier alpha value is -1.90. The van der Waals surface area contributed by atoms with Crippen LogP contribution in [0.15, 0.2) is 12.1 Å². The molecule has 1 aliphatic heterocycles. The van der Waals surface area contributed by atoms with Crippen LogP contribution in [0, 0.1) is 0 Å². The van der Waals surface area contributed by atoms with Gasteiger partial charge in [-0.15, -0.1) is 15.3 Å². The fourth-order valence-electron chi connectivity index (χ4n) is 2.62. The van der Waals surface area contributed by atoms with E-state index in [1.807, 2.05) is 11.8 Å². The minimum Gasteiger partial charge on any atom is -0.351 e. The molecule has 1 atom stereocenters. The Morgan fingerprint density at radius 3 is 2.81 bits per heavy atom. The Kier molecular flexibility index (Phi) is 3.44. The lowest BCUT2D eigenvalue weighted by molar-refractivity contribution is -0.146. The van der Waals surface area contributed by atoms with Crippen molar-refractivity contribution < 1.29 is 13.2 Å². The van der Waals surface area contributed by atoms with E-state index in [4.69, 9.17) is 0 Å². The smallest absolute Gasteiger partial charge is 0.351 e. The van der Waals surface area contributed by atoms with Gasteiger partial charge in [-0.1, -0.05) is 0 Å². The van der Waals surface area contributed by atoms with E-state index >= 15 is 0 Å². The first kappa shape index (κ1) is 14.1. The van der Waals surface area contributed by atoms with Crippen LogP contribution in [-0.2, 0) is 6.18 Å². The highest BCUT2D eigenvalue weighted by atomic mass is 19.4. The van der Waals surface area contributed by atoms with Crippen LogP contribution < -0.4 is 10.2 Å². The average molecular weight is 300 g/mol. The van der Waals surface area contributed by atoms with Crippen LogP contribution in [-0.4, -0.2) is 45.5 Å². The van der Waals surface area contributed by atoms with Gasteiger partial charge in [-0.2, -0.15) is 17.7 Å². The van der Waals surface area contributed by atoms with Crippen molar-refractivity contribution in [3.05, 3.63) is 18.0 Å². The van der Waals surface area contributed by atoms with E-state index in [9.17, 15) is 13.2 Å². The molecule has 114 valence electrons. The molecule has 9 heteroatoms. The number of anilines is 1. The SMILES string of the molecule is CCN(c1ccc2nnc(C(F)(F)F)n2n1)C1CCNC1. The fourth-order valence-corrected chi connectivity index (χ4v) is 2.62. The second-order valence-corrected chi connectivity index (χ2v) is 4.92. The summed E-state index contributed by atoms with van der Waals surface area (Å²) in [5.74, 6) is -0.594. The van der Waals surface area contributed by atoms with Gasteiger partial charge in [0.25, 0.3) is 5.82 Å². The maximum Gasteiger partial charge on any atom is 0.453 e. The Morgan fingerprint density at radius 1 is 1.38 bits per heavy atom. The minimum atomic E-state index is -4.57. The molecule has 0 saturated carbocycles. The van der Waals surface area contributed by atoms with Crippen LogP contribution in [0.2, 0.25) is 0 Å². The number of likely N-dealkylation sites (N-methyl/N-ethyl adjacent to an activating group) is 1. The molecule has 0 aliphatic carbocycles. The van der Waals surface area contributed by atoms with Crippen LogP contribution in [0.3, 0.4) is 0 Å². The summed E-state index contributed by atoms with van der Waals surface area (Å²) >= 11 is 0. The molecule has 1 fully saturated rings. The van der Waals surface area contributed by atoms with Crippen LogP contribution in [0.25, 0.3) is 5.65 Å². The number of hydrogen-bond acceptors (Lipinski definition) is 5. The molecule has 0 bridgehead atoms. The van der Waals surface area contributed by atoms with Crippen molar-refractivity contribution in [2.24, 2.45) is 0 Å². The zero-order valence-electron chi connectivity index (χ0n) is 11.4. The Bertz CT molecular complexity index is 631. The predicted octanol–water partition coefficient (Wildman–Crippen LogP) is 1.33. The normalized spacial score (nSPS) is 19.3. The van der Waals surface area contributed by atoms with Gasteiger partial charge >= 0.3 is 6.18 Å². The van der Waals surface area contributed by atoms with Gasteiger partial charge < -0.3 is 10.2 Å². The number of nitrogens with one attached hydrogen (secondary N) is 1. The standard InChI is InChI=1S/C12H15F3N6/c1-2-20(8-5-6-16-7-8)10-4-3-9-17-18-11(12(13,14)15)21(9)19-10/h3-4,8,16H,2,5-7H2,1H3. The fraction of sp³-hybridized carbons (Fsp3) is 0.583. The molecule has 1 N–H and O–H groups in total. The highest BCUT2D eigenvalue weighted by Crippen LogP contribution is 2.28. The number of fused-ring (bicyclic) bond motifs is 1. The molecule has 0 amide bonds. The molecule has 6 nitrogen and oxygen atoms in total. The maximum absolute atomic E-state index is 12.9. The van der Waals surface area contributed by atoms with Crippen LogP contribution in [0.1, 0.15) is 19.2 Å². The predicted molar refractivity (Wildman–Crippen MR) is 70.1 cm³/mol. The molecule has 2 aromatic heterocycles. The van der Waals surface area contributed by atoms with Gasteiger partial charge in [-0.25, -0.2) is 0 Å². The van der Waals surface area contributed by atoms with Gasteiger partial charge in [0.05, 0.1) is 0 Å². The molecular weight excluding hydrogens is 285 g/mol. The van der Waals surface area contributed by atoms with Gasteiger partial charge in [0.15, 0.2) is 5.65 Å². The average Bonchev–Trinajstić information content (AvgIpc) is 3.06. The monoisotopic (exact) mass is 300 g/mol. The molecule has 3 heterocycles. The first-order chi connectivity index (χ1) is 10.0. The van der Waals surface area contributed by atoms with Crippen LogP contribution >= 0.6 is 0 Å². The first-order valence-corrected chi connectivity index (χ1v) is 6.77. The molecule has 21 heavy (non-hydrogen) atoms. The summed E-state index contributed by atoms with van der Waals surface area (Å²) in [5.41, 5.74) is 0.0895. The third kappa shape index (κ3) is 2.53. The van der Waals surface area contributed by atoms with Crippen molar-refractivity contribution >= 4 is 11.5 Å². The van der Waals surface area contributed by atoms with Crippen molar-refractivity contribution in [2.75, 3.05) is 24.5 Å². The summed E-state index contributed by atoms with van der Waals surface area (Å²) in [4.78, 5) is 2.00. The van der Waals surface area contributed by atoms with E-state index in [0.29, 0.717) is 12.4 Å². The third-order valence-electron chi connectivity index (χ3n) is 3.61. The van der Waals surface area contributed by atoms with Crippen molar-refractivity contribution in [1.82, 2.24) is 25.1 Å². The van der Waals surface area contributed by atoms with Gasteiger partial charge in [0.1, 0.15) is 5.82 Å². The summed E-state index contributed by atoms with van der Waals surface area (Å²) in [6.07, 6.45) is -3.63. The number of rotatable bonds is 3. The van der Waals surface area contributed by atoms with Crippen molar-refractivity contribution in [2.45, 2.75) is 25.6 Å². The summed E-state index contributed by atoms with van der Waals surface area (Å²) in [6.45, 7) is 4.35. The summed E-state index contributed by atoms with van der Waals surface area (Å²) < 4.78 is 39.4. The second-order valence-electron chi connectivity index (χ2n) is 4.92. The molecule has 1 saturated heterocycles. The van der Waals surface area contributed by atoms with E-state index < -0.39 is 12.0 Å². The summed E-state index contributed by atoms with van der Waals surface area (Å²) in [7, 11) is 0. The lowest BCUT2D eigenvalue weighted by atomic mass is 10.2. The minimum absolute atomic E-state index is 0.0895. The highest BCUT2D eigenvalue weighted by molar-refractivity contribution is 5.46. The first-order valence-electron chi connectivity index (χ1n) is 6.77. The van der Waals surface area contributed by atoms with Crippen LogP contribution in [0.5, 0.6) is 0 Å². The lowest BCUT2D eigenvalue weighted by Gasteiger charge is -2.28. The van der Waals surface area contributed by atoms with Crippen molar-refractivity contribution in [3.8, 4) is 0 Å². The Morgan fingerprint density at radius 2 is 2.19 bits per heavy atom. The largest absolute Gasteiger partial charge is 0.453 e. The quantitative estimate of drug-likeness (QED) is 0.927. The van der Waals surface area contributed by atoms with E-state index in [1.54, 1.807) is 6.07 Å². The summed E-state index contributed by atoms with van der Waals surface area (Å²) in [6, 6.07) is 3.44. The van der Waals surface area contributed by atoms with E-state index in [2.05, 4.69) is 20.6 Å². The molecule has 1 unspecified atom stereocenters. The van der Waals surface area contributed by atoms with E-state index in [0.717, 1.165) is 24.0 Å². The van der Waals surface area contributed by atoms with Gasteiger partial charge in [0.2, 0.25) is 0 Å². The van der Waals surface area contributed by atoms with Crippen molar-refractivity contribution in [3.63, 3.8) is 0 Å². The Labute approximate surface area is 119 Å². The molecular formula is C12H15F3N6. The number of nitrogens with zero attached hydrogens (tertiary/aromatic N) is 5. The molecule has 0 aromatic carbocycles. The zero-order chi connectivity index (χ0) is 15.0. The highest BCUT2D eigenvalue weighted by Gasteiger charge is 2.38. The number of halogens is 3. The molecule has 0 radical (unpaired) electrons. The molecule has 3 rings (SSSR count). The lowest BCUT2D eigenvalue weighted by Crippen LogP contribution is -2.37. The van der Waals surface area contributed by atoms with E-state index in [-0.39, 0.29) is 11.7 Å².